The van der Waals surface area contributed by atoms with Gasteiger partial charge in [-0.3, -0.25) is 4.79 Å². The molecule has 130 valence electrons. The molecule has 1 atom stereocenters. The quantitative estimate of drug-likeness (QED) is 0.634. The number of hydrogen-bond acceptors (Lipinski definition) is 4. The summed E-state index contributed by atoms with van der Waals surface area (Å²) in [6.45, 7) is 6.22. The van der Waals surface area contributed by atoms with E-state index in [0.29, 0.717) is 18.7 Å². The number of sulfonamides is 1. The van der Waals surface area contributed by atoms with Crippen molar-refractivity contribution in [2.24, 2.45) is 5.73 Å². The van der Waals surface area contributed by atoms with Crippen LogP contribution < -0.4 is 15.8 Å². The van der Waals surface area contributed by atoms with Crippen molar-refractivity contribution < 1.29 is 13.2 Å². The molecule has 4 N–H and O–H groups in total. The number of amides is 1. The van der Waals surface area contributed by atoms with Crippen LogP contribution in [0.15, 0.2) is 23.1 Å². The molecule has 1 unspecified atom stereocenters. The summed E-state index contributed by atoms with van der Waals surface area (Å²) >= 11 is 0. The van der Waals surface area contributed by atoms with Gasteiger partial charge in [0.2, 0.25) is 10.0 Å². The molecule has 7 heteroatoms. The van der Waals surface area contributed by atoms with Gasteiger partial charge in [0.1, 0.15) is 0 Å². The summed E-state index contributed by atoms with van der Waals surface area (Å²) in [4.78, 5) is 12.5. The molecule has 0 fully saturated rings. The van der Waals surface area contributed by atoms with Crippen molar-refractivity contribution in [3.8, 4) is 0 Å². The molecule has 1 amide bonds. The van der Waals surface area contributed by atoms with Crippen molar-refractivity contribution in [3.05, 3.63) is 29.3 Å². The van der Waals surface area contributed by atoms with Gasteiger partial charge < -0.3 is 11.1 Å². The first-order valence-electron chi connectivity index (χ1n) is 7.96. The van der Waals surface area contributed by atoms with E-state index in [9.17, 15) is 13.2 Å². The van der Waals surface area contributed by atoms with Gasteiger partial charge in [-0.05, 0) is 31.0 Å². The zero-order valence-electron chi connectivity index (χ0n) is 14.1. The predicted molar refractivity (Wildman–Crippen MR) is 91.9 cm³/mol. The maximum absolute atomic E-state index is 12.5. The zero-order chi connectivity index (χ0) is 17.5. The Kier molecular flexibility index (Phi) is 7.67. The van der Waals surface area contributed by atoms with E-state index in [-0.39, 0.29) is 16.8 Å². The molecule has 0 bridgehead atoms. The SMILES string of the molecule is CCCCC(CN)NC(=O)c1cc(S(=O)(=O)NCC)ccc1C. The van der Waals surface area contributed by atoms with Gasteiger partial charge in [0.25, 0.3) is 5.91 Å². The number of rotatable bonds is 9. The van der Waals surface area contributed by atoms with Gasteiger partial charge in [0.05, 0.1) is 4.90 Å². The molecular weight excluding hydrogens is 314 g/mol. The summed E-state index contributed by atoms with van der Waals surface area (Å²) in [6.07, 6.45) is 2.82. The summed E-state index contributed by atoms with van der Waals surface area (Å²) in [5.74, 6) is -0.289. The lowest BCUT2D eigenvalue weighted by Crippen LogP contribution is -2.40. The average molecular weight is 341 g/mol. The van der Waals surface area contributed by atoms with Crippen LogP contribution in [0.1, 0.15) is 49.0 Å². The number of nitrogens with one attached hydrogen (secondary N) is 2. The highest BCUT2D eigenvalue weighted by atomic mass is 32.2. The highest BCUT2D eigenvalue weighted by Gasteiger charge is 2.18. The first kappa shape index (κ1) is 19.6. The Balaban J connectivity index is 3.00. The maximum Gasteiger partial charge on any atom is 0.251 e. The fourth-order valence-corrected chi connectivity index (χ4v) is 3.32. The molecule has 1 rings (SSSR count). The van der Waals surface area contributed by atoms with Gasteiger partial charge >= 0.3 is 0 Å². The molecule has 0 aliphatic rings. The first-order valence-corrected chi connectivity index (χ1v) is 9.45. The highest BCUT2D eigenvalue weighted by molar-refractivity contribution is 7.89. The monoisotopic (exact) mass is 341 g/mol. The lowest BCUT2D eigenvalue weighted by atomic mass is 10.1. The van der Waals surface area contributed by atoms with Crippen LogP contribution in [0.3, 0.4) is 0 Å². The third-order valence-electron chi connectivity index (χ3n) is 3.62. The van der Waals surface area contributed by atoms with Crippen LogP contribution >= 0.6 is 0 Å². The van der Waals surface area contributed by atoms with E-state index >= 15 is 0 Å². The minimum absolute atomic E-state index is 0.0907. The average Bonchev–Trinajstić information content (AvgIpc) is 2.51. The molecule has 0 radical (unpaired) electrons. The van der Waals surface area contributed by atoms with Crippen LogP contribution in [0.5, 0.6) is 0 Å². The molecule has 0 aliphatic heterocycles. The summed E-state index contributed by atoms with van der Waals surface area (Å²) in [5.41, 5.74) is 6.78. The van der Waals surface area contributed by atoms with E-state index in [1.807, 2.05) is 0 Å². The Bertz CT molecular complexity index is 629. The molecule has 1 aromatic rings. The van der Waals surface area contributed by atoms with Gasteiger partial charge in [-0.25, -0.2) is 13.1 Å². The molecular formula is C16H27N3O3S. The van der Waals surface area contributed by atoms with Crippen LogP contribution in [-0.2, 0) is 10.0 Å². The van der Waals surface area contributed by atoms with Crippen LogP contribution in [0.2, 0.25) is 0 Å². The standard InChI is InChI=1S/C16H27N3O3S/c1-4-6-7-13(11-17)19-16(20)15-10-14(9-8-12(15)3)23(21,22)18-5-2/h8-10,13,18H,4-7,11,17H2,1-3H3,(H,19,20). The largest absolute Gasteiger partial charge is 0.348 e. The van der Waals surface area contributed by atoms with E-state index in [0.717, 1.165) is 24.8 Å². The Labute approximate surface area is 138 Å². The molecule has 23 heavy (non-hydrogen) atoms. The van der Waals surface area contributed by atoms with Crippen molar-refractivity contribution in [2.45, 2.75) is 51.0 Å². The lowest BCUT2D eigenvalue weighted by Gasteiger charge is -2.17. The first-order chi connectivity index (χ1) is 10.9. The summed E-state index contributed by atoms with van der Waals surface area (Å²) in [6, 6.07) is 4.45. The van der Waals surface area contributed by atoms with Crippen molar-refractivity contribution in [3.63, 3.8) is 0 Å². The molecule has 0 heterocycles. The zero-order valence-corrected chi connectivity index (χ0v) is 14.9. The van der Waals surface area contributed by atoms with E-state index in [4.69, 9.17) is 5.73 Å². The number of aryl methyl sites for hydroxylation is 1. The molecule has 6 nitrogen and oxygen atoms in total. The molecule has 0 aliphatic carbocycles. The molecule has 0 spiro atoms. The van der Waals surface area contributed by atoms with Gasteiger partial charge in [-0.1, -0.05) is 32.8 Å². The normalized spacial score (nSPS) is 12.9. The summed E-state index contributed by atoms with van der Waals surface area (Å²) < 4.78 is 26.6. The number of carbonyl (C=O) groups is 1. The van der Waals surface area contributed by atoms with E-state index in [2.05, 4.69) is 17.0 Å². The molecule has 0 saturated heterocycles. The van der Waals surface area contributed by atoms with Gasteiger partial charge in [-0.2, -0.15) is 0 Å². The fourth-order valence-electron chi connectivity index (χ4n) is 2.25. The Morgan fingerprint density at radius 1 is 1.30 bits per heavy atom. The van der Waals surface area contributed by atoms with Crippen molar-refractivity contribution >= 4 is 15.9 Å². The Morgan fingerprint density at radius 3 is 2.57 bits per heavy atom. The minimum atomic E-state index is -3.59. The molecule has 0 saturated carbocycles. The highest BCUT2D eigenvalue weighted by Crippen LogP contribution is 2.16. The van der Waals surface area contributed by atoms with Crippen LogP contribution in [0, 0.1) is 6.92 Å². The Morgan fingerprint density at radius 2 is 2.00 bits per heavy atom. The third-order valence-corrected chi connectivity index (χ3v) is 5.17. The topological polar surface area (TPSA) is 101 Å². The van der Waals surface area contributed by atoms with E-state index in [1.54, 1.807) is 19.9 Å². The summed E-state index contributed by atoms with van der Waals surface area (Å²) in [5, 5.41) is 2.89. The number of hydrogen-bond donors (Lipinski definition) is 3. The van der Waals surface area contributed by atoms with Crippen LogP contribution in [0.25, 0.3) is 0 Å². The number of nitrogens with two attached hydrogens (primary N) is 1. The number of carbonyl (C=O) groups excluding carboxylic acids is 1. The lowest BCUT2D eigenvalue weighted by molar-refractivity contribution is 0.0935. The predicted octanol–water partition coefficient (Wildman–Crippen LogP) is 1.54. The summed E-state index contributed by atoms with van der Waals surface area (Å²) in [7, 11) is -3.59. The van der Waals surface area contributed by atoms with Crippen LogP contribution in [-0.4, -0.2) is 33.5 Å². The van der Waals surface area contributed by atoms with E-state index in [1.165, 1.54) is 12.1 Å². The van der Waals surface area contributed by atoms with Gasteiger partial charge in [-0.15, -0.1) is 0 Å². The smallest absolute Gasteiger partial charge is 0.251 e. The second-order valence-corrected chi connectivity index (χ2v) is 7.29. The number of benzene rings is 1. The van der Waals surface area contributed by atoms with Crippen LogP contribution in [0.4, 0.5) is 0 Å². The third kappa shape index (κ3) is 5.60. The van der Waals surface area contributed by atoms with Gasteiger partial charge in [0.15, 0.2) is 0 Å². The van der Waals surface area contributed by atoms with Gasteiger partial charge in [0, 0.05) is 24.7 Å². The van der Waals surface area contributed by atoms with Crippen molar-refractivity contribution in [2.75, 3.05) is 13.1 Å². The van der Waals surface area contributed by atoms with E-state index < -0.39 is 10.0 Å². The fraction of sp³-hybridized carbons (Fsp3) is 0.562. The molecule has 0 aromatic heterocycles. The second-order valence-electron chi connectivity index (χ2n) is 5.53. The minimum Gasteiger partial charge on any atom is -0.348 e. The van der Waals surface area contributed by atoms with Crippen molar-refractivity contribution in [1.82, 2.24) is 10.0 Å². The maximum atomic E-state index is 12.5. The van der Waals surface area contributed by atoms with Crippen molar-refractivity contribution in [1.29, 1.82) is 0 Å². The Hall–Kier alpha value is -1.44. The number of unbranched alkanes of at least 4 members (excludes halogenated alkanes) is 1. The molecule has 1 aromatic carbocycles. The second kappa shape index (κ2) is 9.00.